The van der Waals surface area contributed by atoms with Gasteiger partial charge in [0.05, 0.1) is 12.5 Å². The standard InChI is InChI=1S/C40H38N2O5/c43-38(32-17-8-3-9-18-32)34-19-10-11-20-36(34)42-37(40(45)46)28-30-21-23-33(24-22-30)47-26-12-25-41-39(44)35(31-15-6-2-7-16-31)27-29-13-4-1-5-14-29/h1-11,13-24,35,37,42H,12,25-28H2,(H,41,44)(H,45,46). The van der Waals surface area contributed by atoms with Crippen LogP contribution in [0.1, 0.15) is 45.0 Å². The van der Waals surface area contributed by atoms with E-state index in [1.54, 1.807) is 48.5 Å². The Balaban J connectivity index is 1.11. The number of ether oxygens (including phenoxy) is 1. The van der Waals surface area contributed by atoms with Crippen LogP contribution >= 0.6 is 0 Å². The lowest BCUT2D eigenvalue weighted by atomic mass is 9.91. The molecule has 2 unspecified atom stereocenters. The molecule has 5 aromatic carbocycles. The molecule has 7 heteroatoms. The number of benzene rings is 5. The van der Waals surface area contributed by atoms with Crippen LogP contribution in [0.3, 0.4) is 0 Å². The van der Waals surface area contributed by atoms with Gasteiger partial charge >= 0.3 is 5.97 Å². The van der Waals surface area contributed by atoms with Crippen molar-refractivity contribution < 1.29 is 24.2 Å². The summed E-state index contributed by atoms with van der Waals surface area (Å²) < 4.78 is 5.90. The minimum atomic E-state index is -1.02. The minimum absolute atomic E-state index is 0.0157. The Kier molecular flexibility index (Phi) is 11.5. The first-order chi connectivity index (χ1) is 23.0. The van der Waals surface area contributed by atoms with E-state index in [0.29, 0.717) is 48.6 Å². The number of aliphatic carboxylic acids is 1. The number of rotatable bonds is 16. The first-order valence-electron chi connectivity index (χ1n) is 15.7. The van der Waals surface area contributed by atoms with Crippen LogP contribution in [0.25, 0.3) is 0 Å². The summed E-state index contributed by atoms with van der Waals surface area (Å²) in [4.78, 5) is 38.5. The maximum absolute atomic E-state index is 13.2. The smallest absolute Gasteiger partial charge is 0.326 e. The summed E-state index contributed by atoms with van der Waals surface area (Å²) in [6.07, 6.45) is 1.46. The molecule has 5 rings (SSSR count). The van der Waals surface area contributed by atoms with Crippen molar-refractivity contribution in [1.82, 2.24) is 5.32 Å². The summed E-state index contributed by atoms with van der Waals surface area (Å²) >= 11 is 0. The zero-order valence-electron chi connectivity index (χ0n) is 26.0. The van der Waals surface area contributed by atoms with E-state index >= 15 is 0 Å². The lowest BCUT2D eigenvalue weighted by Crippen LogP contribution is -2.32. The average molecular weight is 627 g/mol. The number of anilines is 1. The number of ketones is 1. The van der Waals surface area contributed by atoms with Crippen LogP contribution in [0.5, 0.6) is 5.75 Å². The maximum atomic E-state index is 13.2. The van der Waals surface area contributed by atoms with Crippen LogP contribution in [0.15, 0.2) is 140 Å². The van der Waals surface area contributed by atoms with Crippen molar-refractivity contribution in [3.8, 4) is 5.75 Å². The Labute approximate surface area is 275 Å². The molecule has 0 fully saturated rings. The molecule has 2 atom stereocenters. The van der Waals surface area contributed by atoms with Crippen molar-refractivity contribution in [2.75, 3.05) is 18.5 Å². The zero-order chi connectivity index (χ0) is 32.8. The number of hydrogen-bond donors (Lipinski definition) is 3. The van der Waals surface area contributed by atoms with E-state index in [1.165, 1.54) is 0 Å². The largest absolute Gasteiger partial charge is 0.494 e. The van der Waals surface area contributed by atoms with Crippen LogP contribution in [-0.2, 0) is 22.4 Å². The summed E-state index contributed by atoms with van der Waals surface area (Å²) in [5.41, 5.74) is 4.31. The number of carboxylic acid groups (broad SMARTS) is 1. The molecule has 0 saturated carbocycles. The zero-order valence-corrected chi connectivity index (χ0v) is 26.0. The molecule has 0 heterocycles. The van der Waals surface area contributed by atoms with Gasteiger partial charge in [0.25, 0.3) is 0 Å². The molecular formula is C40H38N2O5. The number of hydrogen-bond acceptors (Lipinski definition) is 5. The van der Waals surface area contributed by atoms with Gasteiger partial charge < -0.3 is 20.5 Å². The molecular weight excluding hydrogens is 588 g/mol. The summed E-state index contributed by atoms with van der Waals surface area (Å²) in [6.45, 7) is 0.898. The van der Waals surface area contributed by atoms with Crippen LogP contribution < -0.4 is 15.4 Å². The maximum Gasteiger partial charge on any atom is 0.326 e. The molecule has 0 aromatic heterocycles. The number of carboxylic acids is 1. The second-order valence-corrected chi connectivity index (χ2v) is 11.3. The van der Waals surface area contributed by atoms with Crippen LogP contribution in [-0.4, -0.2) is 42.0 Å². The van der Waals surface area contributed by atoms with Crippen molar-refractivity contribution in [3.05, 3.63) is 167 Å². The predicted molar refractivity (Wildman–Crippen MR) is 184 cm³/mol. The molecule has 0 aliphatic rings. The Morgan fingerprint density at radius 2 is 1.26 bits per heavy atom. The topological polar surface area (TPSA) is 105 Å². The van der Waals surface area contributed by atoms with Gasteiger partial charge in [-0.25, -0.2) is 4.79 Å². The second kappa shape index (κ2) is 16.6. The number of carbonyl (C=O) groups excluding carboxylic acids is 2. The molecule has 0 radical (unpaired) electrons. The van der Waals surface area contributed by atoms with E-state index in [4.69, 9.17) is 4.74 Å². The fraction of sp³-hybridized carbons (Fsp3) is 0.175. The first-order valence-corrected chi connectivity index (χ1v) is 15.7. The van der Waals surface area contributed by atoms with Crippen molar-refractivity contribution in [2.45, 2.75) is 31.2 Å². The summed E-state index contributed by atoms with van der Waals surface area (Å²) in [7, 11) is 0. The highest BCUT2D eigenvalue weighted by Gasteiger charge is 2.22. The number of amides is 1. The summed E-state index contributed by atoms with van der Waals surface area (Å²) in [5, 5.41) is 16.1. The molecule has 0 aliphatic heterocycles. The van der Waals surface area contributed by atoms with E-state index in [-0.39, 0.29) is 24.0 Å². The van der Waals surface area contributed by atoms with Gasteiger partial charge in [-0.15, -0.1) is 0 Å². The highest BCUT2D eigenvalue weighted by molar-refractivity contribution is 6.12. The molecule has 5 aromatic rings. The highest BCUT2D eigenvalue weighted by Crippen LogP contribution is 2.23. The SMILES string of the molecule is O=C(c1ccccc1)c1ccccc1NC(Cc1ccc(OCCCNC(=O)C(Cc2ccccc2)c2ccccc2)cc1)C(=O)O. The lowest BCUT2D eigenvalue weighted by Gasteiger charge is -2.18. The van der Waals surface area contributed by atoms with Gasteiger partial charge in [-0.1, -0.05) is 115 Å². The van der Waals surface area contributed by atoms with Crippen LogP contribution in [0.2, 0.25) is 0 Å². The van der Waals surface area contributed by atoms with Crippen molar-refractivity contribution in [2.24, 2.45) is 0 Å². The van der Waals surface area contributed by atoms with Crippen LogP contribution in [0.4, 0.5) is 5.69 Å². The van der Waals surface area contributed by atoms with E-state index in [2.05, 4.69) is 10.6 Å². The first kappa shape index (κ1) is 32.7. The van der Waals surface area contributed by atoms with Crippen molar-refractivity contribution in [3.63, 3.8) is 0 Å². The molecule has 0 spiro atoms. The van der Waals surface area contributed by atoms with Gasteiger partial charge in [-0.05, 0) is 53.8 Å². The minimum Gasteiger partial charge on any atom is -0.494 e. The van der Waals surface area contributed by atoms with E-state index in [1.807, 2.05) is 91.0 Å². The molecule has 47 heavy (non-hydrogen) atoms. The quantitative estimate of drug-likeness (QED) is 0.0810. The molecule has 238 valence electrons. The second-order valence-electron chi connectivity index (χ2n) is 11.3. The van der Waals surface area contributed by atoms with Gasteiger partial charge in [0.15, 0.2) is 5.78 Å². The van der Waals surface area contributed by atoms with Gasteiger partial charge in [-0.3, -0.25) is 9.59 Å². The Hall–Kier alpha value is -5.69. The van der Waals surface area contributed by atoms with Gasteiger partial charge in [0.2, 0.25) is 5.91 Å². The van der Waals surface area contributed by atoms with E-state index < -0.39 is 12.0 Å². The Morgan fingerprint density at radius 3 is 1.94 bits per heavy atom. The third kappa shape index (κ3) is 9.41. The van der Waals surface area contributed by atoms with Gasteiger partial charge in [0, 0.05) is 29.8 Å². The average Bonchev–Trinajstić information content (AvgIpc) is 3.12. The number of carbonyl (C=O) groups is 3. The van der Waals surface area contributed by atoms with E-state index in [9.17, 15) is 19.5 Å². The molecule has 0 aliphatic carbocycles. The van der Waals surface area contributed by atoms with Crippen molar-refractivity contribution >= 4 is 23.3 Å². The Morgan fingerprint density at radius 1 is 0.660 bits per heavy atom. The Bertz CT molecular complexity index is 1740. The van der Waals surface area contributed by atoms with Gasteiger partial charge in [-0.2, -0.15) is 0 Å². The third-order valence-electron chi connectivity index (χ3n) is 7.89. The fourth-order valence-corrected chi connectivity index (χ4v) is 5.39. The number of para-hydroxylation sites is 1. The number of nitrogens with one attached hydrogen (secondary N) is 2. The summed E-state index contributed by atoms with van der Waals surface area (Å²) in [6, 6.07) is 42.0. The molecule has 7 nitrogen and oxygen atoms in total. The third-order valence-corrected chi connectivity index (χ3v) is 7.89. The lowest BCUT2D eigenvalue weighted by molar-refractivity contribution is -0.137. The monoisotopic (exact) mass is 626 g/mol. The van der Waals surface area contributed by atoms with Crippen LogP contribution in [0, 0.1) is 0 Å². The molecule has 1 amide bonds. The van der Waals surface area contributed by atoms with Crippen molar-refractivity contribution in [1.29, 1.82) is 0 Å². The molecule has 0 saturated heterocycles. The van der Waals surface area contributed by atoms with Gasteiger partial charge in [0.1, 0.15) is 11.8 Å². The molecule has 3 N–H and O–H groups in total. The normalized spacial score (nSPS) is 12.0. The fourth-order valence-electron chi connectivity index (χ4n) is 5.39. The summed E-state index contributed by atoms with van der Waals surface area (Å²) in [5.74, 6) is -0.841. The predicted octanol–water partition coefficient (Wildman–Crippen LogP) is 6.94. The molecule has 0 bridgehead atoms. The van der Waals surface area contributed by atoms with E-state index in [0.717, 1.165) is 16.7 Å². The highest BCUT2D eigenvalue weighted by atomic mass is 16.5.